The second kappa shape index (κ2) is 5.37. The van der Waals surface area contributed by atoms with Crippen molar-refractivity contribution < 1.29 is 9.53 Å². The van der Waals surface area contributed by atoms with Gasteiger partial charge in [0.15, 0.2) is 0 Å². The summed E-state index contributed by atoms with van der Waals surface area (Å²) in [5, 5.41) is 0. The standard InChI is InChI=1S/C17H16O2/c18-16-10-11-19-17(12-16)15-8-6-14(7-9-15)13-4-2-1-3-5-13/h1-9,17H,10-12H2/t17-/m1/s1. The largest absolute Gasteiger partial charge is 0.373 e. The Hall–Kier alpha value is -1.93. The van der Waals surface area contributed by atoms with Gasteiger partial charge in [-0.1, -0.05) is 54.6 Å². The van der Waals surface area contributed by atoms with E-state index in [0.29, 0.717) is 25.2 Å². The minimum Gasteiger partial charge on any atom is -0.373 e. The van der Waals surface area contributed by atoms with Gasteiger partial charge in [0.25, 0.3) is 0 Å². The predicted octanol–water partition coefficient (Wildman–Crippen LogP) is 3.77. The fourth-order valence-corrected chi connectivity index (χ4v) is 2.42. The maximum absolute atomic E-state index is 11.5. The van der Waals surface area contributed by atoms with Crippen molar-refractivity contribution in [3.63, 3.8) is 0 Å². The maximum Gasteiger partial charge on any atom is 0.138 e. The molecule has 3 rings (SSSR count). The molecule has 0 aliphatic carbocycles. The summed E-state index contributed by atoms with van der Waals surface area (Å²) in [7, 11) is 0. The van der Waals surface area contributed by atoms with Crippen LogP contribution in [0.4, 0.5) is 0 Å². The van der Waals surface area contributed by atoms with E-state index in [4.69, 9.17) is 4.74 Å². The molecule has 2 heteroatoms. The summed E-state index contributed by atoms with van der Waals surface area (Å²) in [6.45, 7) is 0.546. The van der Waals surface area contributed by atoms with E-state index in [9.17, 15) is 4.79 Å². The van der Waals surface area contributed by atoms with Gasteiger partial charge in [0.05, 0.1) is 12.7 Å². The minimum absolute atomic E-state index is 0.0638. The molecule has 1 aliphatic heterocycles. The van der Waals surface area contributed by atoms with Crippen molar-refractivity contribution in [2.75, 3.05) is 6.61 Å². The highest BCUT2D eigenvalue weighted by Gasteiger charge is 2.21. The summed E-state index contributed by atoms with van der Waals surface area (Å²) in [5.41, 5.74) is 3.48. The molecule has 1 fully saturated rings. The third-order valence-corrected chi connectivity index (χ3v) is 3.50. The Bertz CT molecular complexity index is 558. The Kier molecular flexibility index (Phi) is 3.43. The second-order valence-electron chi connectivity index (χ2n) is 4.84. The summed E-state index contributed by atoms with van der Waals surface area (Å²) >= 11 is 0. The van der Waals surface area contributed by atoms with E-state index in [1.807, 2.05) is 18.2 Å². The Morgan fingerprint density at radius 2 is 1.58 bits per heavy atom. The SMILES string of the molecule is O=C1CCO[C@@H](c2ccc(-c3ccccc3)cc2)C1. The molecule has 0 radical (unpaired) electrons. The predicted molar refractivity (Wildman–Crippen MR) is 74.8 cm³/mol. The van der Waals surface area contributed by atoms with Crippen molar-refractivity contribution in [3.8, 4) is 11.1 Å². The zero-order valence-electron chi connectivity index (χ0n) is 10.7. The van der Waals surface area contributed by atoms with Crippen molar-refractivity contribution in [1.82, 2.24) is 0 Å². The summed E-state index contributed by atoms with van der Waals surface area (Å²) in [5.74, 6) is 0.295. The number of Topliss-reactive ketones (excluding diaryl/α,β-unsaturated/α-hetero) is 1. The van der Waals surface area contributed by atoms with Crippen molar-refractivity contribution in [2.24, 2.45) is 0 Å². The number of hydrogen-bond donors (Lipinski definition) is 0. The van der Waals surface area contributed by atoms with Crippen LogP contribution in [0, 0.1) is 0 Å². The van der Waals surface area contributed by atoms with Gasteiger partial charge in [-0.3, -0.25) is 4.79 Å². The quantitative estimate of drug-likeness (QED) is 0.813. The molecule has 0 bridgehead atoms. The van der Waals surface area contributed by atoms with E-state index < -0.39 is 0 Å². The van der Waals surface area contributed by atoms with Gasteiger partial charge in [-0.25, -0.2) is 0 Å². The van der Waals surface area contributed by atoms with E-state index in [-0.39, 0.29) is 6.10 Å². The van der Waals surface area contributed by atoms with Crippen molar-refractivity contribution in [2.45, 2.75) is 18.9 Å². The van der Waals surface area contributed by atoms with E-state index in [0.717, 1.165) is 5.56 Å². The third-order valence-electron chi connectivity index (χ3n) is 3.50. The zero-order valence-corrected chi connectivity index (χ0v) is 10.7. The molecule has 0 saturated carbocycles. The van der Waals surface area contributed by atoms with Crippen LogP contribution in [0.2, 0.25) is 0 Å². The normalized spacial score (nSPS) is 19.4. The summed E-state index contributed by atoms with van der Waals surface area (Å²) in [6.07, 6.45) is 0.995. The molecule has 0 N–H and O–H groups in total. The van der Waals surface area contributed by atoms with E-state index in [2.05, 4.69) is 36.4 Å². The lowest BCUT2D eigenvalue weighted by molar-refractivity contribution is -0.128. The fourth-order valence-electron chi connectivity index (χ4n) is 2.42. The van der Waals surface area contributed by atoms with Crippen LogP contribution in [0.3, 0.4) is 0 Å². The Morgan fingerprint density at radius 1 is 0.895 bits per heavy atom. The number of carbonyl (C=O) groups is 1. The van der Waals surface area contributed by atoms with Gasteiger partial charge in [0.1, 0.15) is 5.78 Å². The van der Waals surface area contributed by atoms with Gasteiger partial charge in [0.2, 0.25) is 0 Å². The van der Waals surface area contributed by atoms with Crippen LogP contribution in [0.25, 0.3) is 11.1 Å². The molecular formula is C17H16O2. The Morgan fingerprint density at radius 3 is 2.26 bits per heavy atom. The molecule has 0 aromatic heterocycles. The Balaban J connectivity index is 1.81. The summed E-state index contributed by atoms with van der Waals surface area (Å²) < 4.78 is 5.66. The lowest BCUT2D eigenvalue weighted by atomic mass is 9.98. The van der Waals surface area contributed by atoms with Crippen LogP contribution in [-0.4, -0.2) is 12.4 Å². The molecule has 0 amide bonds. The smallest absolute Gasteiger partial charge is 0.138 e. The highest BCUT2D eigenvalue weighted by atomic mass is 16.5. The monoisotopic (exact) mass is 252 g/mol. The third kappa shape index (κ3) is 2.74. The molecular weight excluding hydrogens is 236 g/mol. The van der Waals surface area contributed by atoms with Crippen LogP contribution in [-0.2, 0) is 9.53 Å². The fraction of sp³-hybridized carbons (Fsp3) is 0.235. The van der Waals surface area contributed by atoms with Crippen molar-refractivity contribution in [1.29, 1.82) is 0 Å². The molecule has 0 spiro atoms. The maximum atomic E-state index is 11.5. The summed E-state index contributed by atoms with van der Waals surface area (Å²) in [6, 6.07) is 18.6. The number of carbonyl (C=O) groups excluding carboxylic acids is 1. The first-order valence-corrected chi connectivity index (χ1v) is 6.61. The highest BCUT2D eigenvalue weighted by Crippen LogP contribution is 2.28. The number of hydrogen-bond acceptors (Lipinski definition) is 2. The van der Waals surface area contributed by atoms with Crippen LogP contribution < -0.4 is 0 Å². The van der Waals surface area contributed by atoms with Gasteiger partial charge in [0, 0.05) is 12.8 Å². The average molecular weight is 252 g/mol. The van der Waals surface area contributed by atoms with Crippen LogP contribution in [0.15, 0.2) is 54.6 Å². The second-order valence-corrected chi connectivity index (χ2v) is 4.84. The highest BCUT2D eigenvalue weighted by molar-refractivity contribution is 5.79. The number of ketones is 1. The number of rotatable bonds is 2. The lowest BCUT2D eigenvalue weighted by Gasteiger charge is -2.22. The first kappa shape index (κ1) is 12.1. The van der Waals surface area contributed by atoms with Crippen LogP contribution in [0.1, 0.15) is 24.5 Å². The van der Waals surface area contributed by atoms with Crippen molar-refractivity contribution in [3.05, 3.63) is 60.2 Å². The molecule has 1 saturated heterocycles. The van der Waals surface area contributed by atoms with Gasteiger partial charge in [-0.2, -0.15) is 0 Å². The van der Waals surface area contributed by atoms with E-state index in [1.165, 1.54) is 11.1 Å². The molecule has 96 valence electrons. The average Bonchev–Trinajstić information content (AvgIpc) is 2.48. The van der Waals surface area contributed by atoms with Gasteiger partial charge < -0.3 is 4.74 Å². The minimum atomic E-state index is -0.0638. The molecule has 1 heterocycles. The van der Waals surface area contributed by atoms with Gasteiger partial charge in [-0.15, -0.1) is 0 Å². The number of benzene rings is 2. The topological polar surface area (TPSA) is 26.3 Å². The first-order valence-electron chi connectivity index (χ1n) is 6.61. The number of ether oxygens (including phenoxy) is 1. The molecule has 2 nitrogen and oxygen atoms in total. The zero-order chi connectivity index (χ0) is 13.1. The van der Waals surface area contributed by atoms with Gasteiger partial charge >= 0.3 is 0 Å². The van der Waals surface area contributed by atoms with E-state index in [1.54, 1.807) is 0 Å². The van der Waals surface area contributed by atoms with Crippen LogP contribution >= 0.6 is 0 Å². The van der Waals surface area contributed by atoms with Crippen LogP contribution in [0.5, 0.6) is 0 Å². The molecule has 1 aliphatic rings. The Labute approximate surface area is 113 Å². The lowest BCUT2D eigenvalue weighted by Crippen LogP contribution is -2.19. The first-order chi connectivity index (χ1) is 9.33. The van der Waals surface area contributed by atoms with Crippen molar-refractivity contribution >= 4 is 5.78 Å². The van der Waals surface area contributed by atoms with Gasteiger partial charge in [-0.05, 0) is 16.7 Å². The molecule has 2 aromatic rings. The molecule has 0 unspecified atom stereocenters. The summed E-state index contributed by atoms with van der Waals surface area (Å²) in [4.78, 5) is 11.5. The van der Waals surface area contributed by atoms with E-state index >= 15 is 0 Å². The molecule has 2 aromatic carbocycles. The molecule has 1 atom stereocenters. The molecule has 19 heavy (non-hydrogen) atoms.